The van der Waals surface area contributed by atoms with Gasteiger partial charge in [0.15, 0.2) is 5.75 Å². The molecule has 0 spiro atoms. The molecule has 5 nitrogen and oxygen atoms in total. The zero-order chi connectivity index (χ0) is 17.6. The zero-order valence-electron chi connectivity index (χ0n) is 14.4. The van der Waals surface area contributed by atoms with Crippen molar-refractivity contribution in [1.29, 1.82) is 0 Å². The minimum atomic E-state index is -0.333. The lowest BCUT2D eigenvalue weighted by Gasteiger charge is -2.32. The lowest BCUT2D eigenvalue weighted by Crippen LogP contribution is -2.46. The third-order valence-corrected chi connectivity index (χ3v) is 4.80. The van der Waals surface area contributed by atoms with E-state index in [1.54, 1.807) is 4.90 Å². The Hall–Kier alpha value is -2.82. The molecule has 2 aliphatic rings. The lowest BCUT2D eigenvalue weighted by molar-refractivity contribution is -0.133. The van der Waals surface area contributed by atoms with Gasteiger partial charge in [-0.05, 0) is 49.6 Å². The molecular weight excluding hydrogens is 316 g/mol. The fourth-order valence-electron chi connectivity index (χ4n) is 3.69. The van der Waals surface area contributed by atoms with Gasteiger partial charge in [0, 0.05) is 11.7 Å². The predicted molar refractivity (Wildman–Crippen MR) is 96.1 cm³/mol. The molecule has 0 bridgehead atoms. The van der Waals surface area contributed by atoms with Crippen molar-refractivity contribution < 1.29 is 14.3 Å². The van der Waals surface area contributed by atoms with Crippen molar-refractivity contribution in [3.05, 3.63) is 53.6 Å². The number of nitrogens with zero attached hydrogens (tertiary/aromatic N) is 2. The summed E-state index contributed by atoms with van der Waals surface area (Å²) in [6.07, 6.45) is 0.861. The maximum absolute atomic E-state index is 13.0. The fourth-order valence-corrected chi connectivity index (χ4v) is 3.69. The number of carbonyl (C=O) groups excluding carboxylic acids is 2. The van der Waals surface area contributed by atoms with Crippen molar-refractivity contribution in [2.45, 2.75) is 26.3 Å². The zero-order valence-corrected chi connectivity index (χ0v) is 14.4. The van der Waals surface area contributed by atoms with Gasteiger partial charge in [-0.25, -0.2) is 4.79 Å². The molecule has 25 heavy (non-hydrogen) atoms. The molecule has 0 saturated heterocycles. The molecule has 1 atom stereocenters. The highest BCUT2D eigenvalue weighted by Gasteiger charge is 2.33. The summed E-state index contributed by atoms with van der Waals surface area (Å²) in [6.45, 7) is 4.25. The first-order valence-electron chi connectivity index (χ1n) is 8.49. The van der Waals surface area contributed by atoms with Crippen molar-refractivity contribution in [1.82, 2.24) is 0 Å². The summed E-state index contributed by atoms with van der Waals surface area (Å²) in [5.74, 6) is 0.193. The quantitative estimate of drug-likeness (QED) is 0.625. The number of carbonyl (C=O) groups is 2. The molecule has 0 aliphatic carbocycles. The third-order valence-electron chi connectivity index (χ3n) is 4.80. The molecule has 0 saturated carbocycles. The molecule has 0 radical (unpaired) electrons. The monoisotopic (exact) mass is 336 g/mol. The molecule has 2 heterocycles. The average Bonchev–Trinajstić information content (AvgIpc) is 2.89. The van der Waals surface area contributed by atoms with E-state index in [9.17, 15) is 9.59 Å². The summed E-state index contributed by atoms with van der Waals surface area (Å²) < 4.78 is 5.32. The first-order chi connectivity index (χ1) is 12.0. The predicted octanol–water partition coefficient (Wildman–Crippen LogP) is 2.70. The van der Waals surface area contributed by atoms with Gasteiger partial charge in [-0.1, -0.05) is 24.3 Å². The fraction of sp³-hybridized carbons (Fsp3) is 0.300. The summed E-state index contributed by atoms with van der Waals surface area (Å²) in [4.78, 5) is 28.6. The number of hydrogen-bond donors (Lipinski definition) is 0. The largest absolute Gasteiger partial charge is 0.423 e. The van der Waals surface area contributed by atoms with Crippen LogP contribution in [0.25, 0.3) is 0 Å². The normalized spacial score (nSPS) is 18.6. The topological polar surface area (TPSA) is 49.9 Å². The second kappa shape index (κ2) is 5.92. The van der Waals surface area contributed by atoms with Crippen LogP contribution in [0.15, 0.2) is 42.5 Å². The Morgan fingerprint density at radius 2 is 2.00 bits per heavy atom. The number of hydrogen-bond acceptors (Lipinski definition) is 4. The Morgan fingerprint density at radius 3 is 2.84 bits per heavy atom. The first-order valence-corrected chi connectivity index (χ1v) is 8.49. The van der Waals surface area contributed by atoms with E-state index in [2.05, 4.69) is 13.0 Å². The molecular formula is C20H20N2O3. The Morgan fingerprint density at radius 1 is 1.20 bits per heavy atom. The van der Waals surface area contributed by atoms with Gasteiger partial charge >= 0.3 is 5.97 Å². The van der Waals surface area contributed by atoms with Crippen LogP contribution in [-0.4, -0.2) is 31.0 Å². The summed E-state index contributed by atoms with van der Waals surface area (Å²) in [7, 11) is 0. The SMILES string of the molecule is Cc1ccc2c(c1)OC(=O)CN2CC(=O)N1c2ccccc2CC1C. The van der Waals surface area contributed by atoms with Gasteiger partial charge in [0.05, 0.1) is 12.2 Å². The summed E-state index contributed by atoms with van der Waals surface area (Å²) in [6, 6.07) is 13.8. The second-order valence-electron chi connectivity index (χ2n) is 6.75. The minimum Gasteiger partial charge on any atom is -0.423 e. The van der Waals surface area contributed by atoms with Crippen LogP contribution < -0.4 is 14.5 Å². The molecule has 1 amide bonds. The minimum absolute atomic E-state index is 0.00123. The molecule has 0 N–H and O–H groups in total. The number of ether oxygens (including phenoxy) is 1. The van der Waals surface area contributed by atoms with Crippen LogP contribution in [0.4, 0.5) is 11.4 Å². The smallest absolute Gasteiger partial charge is 0.331 e. The van der Waals surface area contributed by atoms with Crippen LogP contribution in [0.3, 0.4) is 0 Å². The Balaban J connectivity index is 1.61. The summed E-state index contributed by atoms with van der Waals surface area (Å²) in [5.41, 5.74) is 3.97. The molecule has 0 aromatic heterocycles. The van der Waals surface area contributed by atoms with Crippen molar-refractivity contribution in [3.63, 3.8) is 0 Å². The highest BCUT2D eigenvalue weighted by molar-refractivity contribution is 6.00. The molecule has 128 valence electrons. The maximum Gasteiger partial charge on any atom is 0.331 e. The maximum atomic E-state index is 13.0. The van der Waals surface area contributed by atoms with Gasteiger partial charge in [-0.15, -0.1) is 0 Å². The average molecular weight is 336 g/mol. The van der Waals surface area contributed by atoms with E-state index in [1.807, 2.05) is 48.2 Å². The van der Waals surface area contributed by atoms with Crippen molar-refractivity contribution in [2.24, 2.45) is 0 Å². The lowest BCUT2D eigenvalue weighted by atomic mass is 10.1. The molecule has 2 aliphatic heterocycles. The number of aryl methyl sites for hydroxylation is 1. The van der Waals surface area contributed by atoms with E-state index in [1.165, 1.54) is 5.56 Å². The van der Waals surface area contributed by atoms with Crippen LogP contribution in [0.1, 0.15) is 18.1 Å². The van der Waals surface area contributed by atoms with E-state index in [0.29, 0.717) is 5.75 Å². The number of amides is 1. The molecule has 1 unspecified atom stereocenters. The number of rotatable bonds is 2. The van der Waals surface area contributed by atoms with Gasteiger partial charge in [0.25, 0.3) is 0 Å². The van der Waals surface area contributed by atoms with Crippen molar-refractivity contribution in [3.8, 4) is 5.75 Å². The Labute approximate surface area is 146 Å². The van der Waals surface area contributed by atoms with Gasteiger partial charge in [-0.3, -0.25) is 4.79 Å². The standard InChI is InChI=1S/C20H20N2O3/c1-13-7-8-17-18(9-13)25-20(24)12-21(17)11-19(23)22-14(2)10-15-5-3-4-6-16(15)22/h3-9,14H,10-12H2,1-2H3. The van der Waals surface area contributed by atoms with Gasteiger partial charge in [0.2, 0.25) is 5.91 Å². The number of anilines is 2. The number of esters is 1. The molecule has 2 aromatic rings. The van der Waals surface area contributed by atoms with E-state index in [4.69, 9.17) is 4.74 Å². The highest BCUT2D eigenvalue weighted by Crippen LogP contribution is 2.35. The first kappa shape index (κ1) is 15.7. The second-order valence-corrected chi connectivity index (χ2v) is 6.75. The molecule has 2 aromatic carbocycles. The van der Waals surface area contributed by atoms with Crippen LogP contribution in [-0.2, 0) is 16.0 Å². The number of benzene rings is 2. The van der Waals surface area contributed by atoms with Crippen LogP contribution >= 0.6 is 0 Å². The molecule has 5 heteroatoms. The van der Waals surface area contributed by atoms with E-state index in [-0.39, 0.29) is 31.0 Å². The van der Waals surface area contributed by atoms with E-state index in [0.717, 1.165) is 23.4 Å². The summed E-state index contributed by atoms with van der Waals surface area (Å²) in [5, 5.41) is 0. The van der Waals surface area contributed by atoms with Crippen LogP contribution in [0.2, 0.25) is 0 Å². The molecule has 0 fully saturated rings. The van der Waals surface area contributed by atoms with Gasteiger partial charge in [0.1, 0.15) is 6.54 Å². The Kier molecular flexibility index (Phi) is 3.71. The Bertz CT molecular complexity index is 862. The van der Waals surface area contributed by atoms with Gasteiger partial charge in [-0.2, -0.15) is 0 Å². The third kappa shape index (κ3) is 2.76. The summed E-state index contributed by atoms with van der Waals surface area (Å²) >= 11 is 0. The van der Waals surface area contributed by atoms with E-state index >= 15 is 0 Å². The van der Waals surface area contributed by atoms with Gasteiger partial charge < -0.3 is 14.5 Å². The number of fused-ring (bicyclic) bond motifs is 2. The number of para-hydroxylation sites is 1. The van der Waals surface area contributed by atoms with Crippen LogP contribution in [0.5, 0.6) is 5.75 Å². The highest BCUT2D eigenvalue weighted by atomic mass is 16.5. The molecule has 4 rings (SSSR count). The van der Waals surface area contributed by atoms with E-state index < -0.39 is 0 Å². The van der Waals surface area contributed by atoms with Crippen LogP contribution in [0, 0.1) is 6.92 Å². The van der Waals surface area contributed by atoms with Crippen molar-refractivity contribution >= 4 is 23.3 Å². The van der Waals surface area contributed by atoms with Crippen molar-refractivity contribution in [2.75, 3.05) is 22.9 Å².